The Morgan fingerprint density at radius 2 is 1.82 bits per heavy atom. The van der Waals surface area contributed by atoms with Crippen LogP contribution in [0.15, 0.2) is 60.7 Å². The van der Waals surface area contributed by atoms with Gasteiger partial charge in [-0.05, 0) is 67.1 Å². The van der Waals surface area contributed by atoms with Crippen molar-refractivity contribution in [1.82, 2.24) is 5.32 Å². The van der Waals surface area contributed by atoms with Crippen LogP contribution in [0.3, 0.4) is 0 Å². The molecule has 0 saturated carbocycles. The van der Waals surface area contributed by atoms with Gasteiger partial charge in [-0.1, -0.05) is 48.5 Å². The van der Waals surface area contributed by atoms with Crippen molar-refractivity contribution in [3.63, 3.8) is 0 Å². The van der Waals surface area contributed by atoms with Crippen molar-refractivity contribution in [3.8, 4) is 11.8 Å². The van der Waals surface area contributed by atoms with E-state index in [1.165, 1.54) is 16.3 Å². The first kappa shape index (κ1) is 27.8. The summed E-state index contributed by atoms with van der Waals surface area (Å²) >= 11 is 0. The minimum Gasteiger partial charge on any atom is -0.550 e. The average molecular weight is 469 g/mol. The summed E-state index contributed by atoms with van der Waals surface area (Å²) in [4.78, 5) is 10.6. The smallest absolute Gasteiger partial charge is 0.550 e. The molecule has 3 rings (SSSR count). The zero-order valence-electron chi connectivity index (χ0n) is 20.0. The summed E-state index contributed by atoms with van der Waals surface area (Å²) < 4.78 is 5.66. The van der Waals surface area contributed by atoms with E-state index in [1.807, 2.05) is 12.1 Å². The van der Waals surface area contributed by atoms with E-state index >= 15 is 0 Å². The summed E-state index contributed by atoms with van der Waals surface area (Å²) in [5.41, 5.74) is 2.01. The van der Waals surface area contributed by atoms with Gasteiger partial charge in [0.25, 0.3) is 0 Å². The Balaban J connectivity index is 0.00000408. The van der Waals surface area contributed by atoms with Crippen molar-refractivity contribution in [3.05, 3.63) is 77.4 Å². The molecule has 0 saturated heterocycles. The Bertz CT molecular complexity index is 1160. The third kappa shape index (κ3) is 8.43. The fraction of sp³-hybridized carbons (Fsp3) is 0.333. The van der Waals surface area contributed by atoms with Gasteiger partial charge >= 0.3 is 29.6 Å². The molecule has 172 valence electrons. The van der Waals surface area contributed by atoms with Gasteiger partial charge in [0.05, 0.1) is 5.56 Å². The van der Waals surface area contributed by atoms with Gasteiger partial charge < -0.3 is 25.1 Å². The van der Waals surface area contributed by atoms with Crippen LogP contribution in [-0.4, -0.2) is 35.9 Å². The molecule has 0 aromatic heterocycles. The van der Waals surface area contributed by atoms with Crippen LogP contribution in [0.25, 0.3) is 10.8 Å². The normalized spacial score (nSPS) is 11.9. The number of carbonyl (C=O) groups excluding carboxylic acids is 1. The molecule has 0 radical (unpaired) electrons. The number of fused-ring (bicyclic) bond motifs is 1. The fourth-order valence-corrected chi connectivity index (χ4v) is 3.75. The number of aryl methyl sites for hydroxylation is 1. The molecule has 3 aromatic rings. The Labute approximate surface area is 222 Å². The Hall–Kier alpha value is -2.40. The molecule has 6 nitrogen and oxygen atoms in total. The van der Waals surface area contributed by atoms with Crippen LogP contribution < -0.4 is 44.7 Å². The van der Waals surface area contributed by atoms with Crippen molar-refractivity contribution in [2.45, 2.75) is 44.8 Å². The molecule has 0 fully saturated rings. The fourth-order valence-electron chi connectivity index (χ4n) is 3.75. The van der Waals surface area contributed by atoms with Gasteiger partial charge in [0.1, 0.15) is 24.5 Å². The molecule has 0 aliphatic carbocycles. The van der Waals surface area contributed by atoms with E-state index in [4.69, 9.17) is 4.74 Å². The summed E-state index contributed by atoms with van der Waals surface area (Å²) in [6.45, 7) is 4.56. The van der Waals surface area contributed by atoms with E-state index in [1.54, 1.807) is 18.2 Å². The van der Waals surface area contributed by atoms with Gasteiger partial charge in [0, 0.05) is 18.1 Å². The summed E-state index contributed by atoms with van der Waals surface area (Å²) in [6, 6.07) is 21.7. The molecular weight excluding hydrogens is 439 g/mol. The number of nitrogens with zero attached hydrogens (tertiary/aromatic N) is 1. The van der Waals surface area contributed by atoms with Crippen molar-refractivity contribution in [1.29, 1.82) is 5.26 Å². The molecule has 0 bridgehead atoms. The second-order valence-corrected chi connectivity index (χ2v) is 8.90. The maximum atomic E-state index is 10.6. The maximum Gasteiger partial charge on any atom is 1.00 e. The van der Waals surface area contributed by atoms with E-state index in [-0.39, 0.29) is 54.5 Å². The SMILES string of the molecule is CC(C)(Cc1ccc2ccccc2c1)NC[C@@H](O)COc1ccc(CCC(=O)[O-])cc1C#N.[Na+]. The number of aliphatic hydroxyl groups excluding tert-OH is 1. The first-order valence-electron chi connectivity index (χ1n) is 11.0. The minimum atomic E-state index is -1.13. The molecule has 0 spiro atoms. The number of aliphatic hydroxyl groups is 1. The predicted molar refractivity (Wildman–Crippen MR) is 126 cm³/mol. The van der Waals surface area contributed by atoms with Crippen molar-refractivity contribution >= 4 is 16.7 Å². The van der Waals surface area contributed by atoms with Crippen molar-refractivity contribution < 1.29 is 49.3 Å². The molecule has 0 unspecified atom stereocenters. The number of β-amino-alcohol motifs (C(OH)–C–C–N with tert-alkyl or cyclic N) is 1. The standard InChI is InChI=1S/C27H30N2O4.Na/c1-27(2,15-20-7-10-21-5-3-4-6-22(21)14-20)29-17-24(30)18-33-25-11-8-19(9-12-26(31)32)13-23(25)16-28;/h3-8,10-11,13-14,24,29-30H,9,12,15,17-18H2,1-2H3,(H,31,32);/q;+1/p-1/t24-;/m1./s1. The van der Waals surface area contributed by atoms with E-state index in [0.29, 0.717) is 17.9 Å². The molecule has 0 heterocycles. The number of rotatable bonds is 11. The van der Waals surface area contributed by atoms with Gasteiger partial charge in [-0.3, -0.25) is 0 Å². The number of hydrogen-bond acceptors (Lipinski definition) is 6. The first-order valence-corrected chi connectivity index (χ1v) is 11.0. The Kier molecular flexibility index (Phi) is 10.6. The zero-order chi connectivity index (χ0) is 23.8. The second-order valence-electron chi connectivity index (χ2n) is 8.90. The second kappa shape index (κ2) is 12.9. The number of carbonyl (C=O) groups is 1. The van der Waals surface area contributed by atoms with Crippen molar-refractivity contribution in [2.24, 2.45) is 0 Å². The van der Waals surface area contributed by atoms with Crippen LogP contribution in [0.2, 0.25) is 0 Å². The summed E-state index contributed by atoms with van der Waals surface area (Å²) in [5, 5.41) is 36.2. The van der Waals surface area contributed by atoms with Crippen LogP contribution in [-0.2, 0) is 17.6 Å². The molecule has 34 heavy (non-hydrogen) atoms. The number of aliphatic carboxylic acids is 1. The third-order valence-electron chi connectivity index (χ3n) is 5.49. The van der Waals surface area contributed by atoms with Crippen LogP contribution >= 0.6 is 0 Å². The average Bonchev–Trinajstić information content (AvgIpc) is 2.80. The molecule has 7 heteroatoms. The first-order chi connectivity index (χ1) is 15.8. The topological polar surface area (TPSA) is 105 Å². The van der Waals surface area contributed by atoms with E-state index in [9.17, 15) is 20.3 Å². The largest absolute Gasteiger partial charge is 1.00 e. The van der Waals surface area contributed by atoms with Crippen LogP contribution in [0.4, 0.5) is 0 Å². The quantitative estimate of drug-likeness (QED) is 0.376. The number of nitrogens with one attached hydrogen (secondary N) is 1. The van der Waals surface area contributed by atoms with E-state index in [2.05, 4.69) is 55.6 Å². The van der Waals surface area contributed by atoms with E-state index in [0.717, 1.165) is 12.0 Å². The minimum absolute atomic E-state index is 0. The van der Waals surface area contributed by atoms with Gasteiger partial charge in [-0.25, -0.2) is 0 Å². The number of ether oxygens (including phenoxy) is 1. The number of carboxylic acids is 1. The van der Waals surface area contributed by atoms with Crippen LogP contribution in [0, 0.1) is 11.3 Å². The summed E-state index contributed by atoms with van der Waals surface area (Å²) in [7, 11) is 0. The predicted octanol–water partition coefficient (Wildman–Crippen LogP) is -0.251. The van der Waals surface area contributed by atoms with Gasteiger partial charge in [0.2, 0.25) is 0 Å². The molecule has 2 N–H and O–H groups in total. The Morgan fingerprint density at radius 1 is 1.12 bits per heavy atom. The number of benzene rings is 3. The summed E-state index contributed by atoms with van der Waals surface area (Å²) in [5.74, 6) is -0.767. The molecule has 0 aliphatic heterocycles. The third-order valence-corrected chi connectivity index (χ3v) is 5.49. The van der Waals surface area contributed by atoms with Crippen LogP contribution in [0.1, 0.15) is 37.0 Å². The number of carboxylic acid groups (broad SMARTS) is 1. The zero-order valence-corrected chi connectivity index (χ0v) is 22.0. The summed E-state index contributed by atoms with van der Waals surface area (Å²) in [6.07, 6.45) is 0.225. The molecule has 1 atom stereocenters. The Morgan fingerprint density at radius 3 is 2.53 bits per heavy atom. The van der Waals surface area contributed by atoms with Gasteiger partial charge in [-0.15, -0.1) is 0 Å². The number of hydrogen-bond donors (Lipinski definition) is 2. The van der Waals surface area contributed by atoms with Gasteiger partial charge in [0.15, 0.2) is 0 Å². The number of nitriles is 1. The van der Waals surface area contributed by atoms with E-state index < -0.39 is 12.1 Å². The maximum absolute atomic E-state index is 10.6. The van der Waals surface area contributed by atoms with Crippen LogP contribution in [0.5, 0.6) is 5.75 Å². The molecule has 0 amide bonds. The molecular formula is C27H29N2NaO4. The molecule has 3 aromatic carbocycles. The van der Waals surface area contributed by atoms with Crippen molar-refractivity contribution in [2.75, 3.05) is 13.2 Å². The van der Waals surface area contributed by atoms with Gasteiger partial charge in [-0.2, -0.15) is 5.26 Å². The molecule has 0 aliphatic rings. The monoisotopic (exact) mass is 468 g/mol.